The van der Waals surface area contributed by atoms with E-state index in [1.165, 1.54) is 18.2 Å². The molecule has 0 amide bonds. The molecule has 0 saturated heterocycles. The molecule has 0 spiro atoms. The second kappa shape index (κ2) is 7.20. The van der Waals surface area contributed by atoms with Gasteiger partial charge in [-0.2, -0.15) is 0 Å². The summed E-state index contributed by atoms with van der Waals surface area (Å²) in [6.45, 7) is 3.69. The van der Waals surface area contributed by atoms with Crippen molar-refractivity contribution in [3.05, 3.63) is 63.6 Å². The summed E-state index contributed by atoms with van der Waals surface area (Å²) in [6, 6.07) is 9.09. The first-order chi connectivity index (χ1) is 10.4. The molecule has 2 aromatic rings. The summed E-state index contributed by atoms with van der Waals surface area (Å²) >= 11 is 3.44. The Labute approximate surface area is 137 Å². The number of halogens is 3. The molecule has 2 atom stereocenters. The van der Waals surface area contributed by atoms with Crippen molar-refractivity contribution in [2.24, 2.45) is 0 Å². The summed E-state index contributed by atoms with van der Waals surface area (Å²) in [7, 11) is 1.60. The molecule has 0 bridgehead atoms. The quantitative estimate of drug-likeness (QED) is 0.786. The van der Waals surface area contributed by atoms with Crippen LogP contribution in [0.5, 0.6) is 5.75 Å². The molecular weight excluding hydrogens is 352 g/mol. The molecule has 2 nitrogen and oxygen atoms in total. The van der Waals surface area contributed by atoms with Gasteiger partial charge in [-0.05, 0) is 59.6 Å². The molecular formula is C17H18BrF2NO. The molecule has 1 N–H and O–H groups in total. The smallest absolute Gasteiger partial charge is 0.133 e. The lowest BCUT2D eigenvalue weighted by molar-refractivity contribution is 0.411. The van der Waals surface area contributed by atoms with Crippen LogP contribution in [-0.4, -0.2) is 7.11 Å². The van der Waals surface area contributed by atoms with Gasteiger partial charge in [-0.25, -0.2) is 8.78 Å². The van der Waals surface area contributed by atoms with Crippen LogP contribution >= 0.6 is 15.9 Å². The van der Waals surface area contributed by atoms with Crippen LogP contribution < -0.4 is 10.1 Å². The molecule has 0 aliphatic rings. The van der Waals surface area contributed by atoms with Crippen LogP contribution in [0.1, 0.15) is 37.1 Å². The van der Waals surface area contributed by atoms with E-state index in [-0.39, 0.29) is 11.6 Å². The van der Waals surface area contributed by atoms with Gasteiger partial charge in [-0.15, -0.1) is 0 Å². The van der Waals surface area contributed by atoms with Gasteiger partial charge in [-0.3, -0.25) is 0 Å². The van der Waals surface area contributed by atoms with Crippen LogP contribution in [0.15, 0.2) is 40.9 Å². The van der Waals surface area contributed by atoms with E-state index in [1.807, 2.05) is 25.1 Å². The van der Waals surface area contributed by atoms with Crippen LogP contribution in [0.3, 0.4) is 0 Å². The maximum atomic E-state index is 13.8. The predicted octanol–water partition coefficient (Wildman–Crippen LogP) is 5.15. The third-order valence-electron chi connectivity index (χ3n) is 3.61. The van der Waals surface area contributed by atoms with E-state index in [0.717, 1.165) is 15.8 Å². The molecule has 0 aliphatic heterocycles. The fourth-order valence-corrected chi connectivity index (χ4v) is 2.99. The minimum absolute atomic E-state index is 0.0573. The van der Waals surface area contributed by atoms with Gasteiger partial charge in [0, 0.05) is 17.6 Å². The second-order valence-corrected chi connectivity index (χ2v) is 5.99. The Bertz CT molecular complexity index is 643. The Morgan fingerprint density at radius 3 is 2.23 bits per heavy atom. The zero-order valence-electron chi connectivity index (χ0n) is 12.7. The van der Waals surface area contributed by atoms with Crippen LogP contribution in [0.4, 0.5) is 8.78 Å². The highest BCUT2D eigenvalue weighted by Crippen LogP contribution is 2.29. The third kappa shape index (κ3) is 3.65. The molecule has 5 heteroatoms. The van der Waals surface area contributed by atoms with Crippen molar-refractivity contribution < 1.29 is 13.5 Å². The lowest BCUT2D eigenvalue weighted by atomic mass is 10.0. The Morgan fingerprint density at radius 1 is 1.05 bits per heavy atom. The molecule has 0 heterocycles. The van der Waals surface area contributed by atoms with Gasteiger partial charge in [0.25, 0.3) is 0 Å². The van der Waals surface area contributed by atoms with Gasteiger partial charge in [-0.1, -0.05) is 12.1 Å². The van der Waals surface area contributed by atoms with E-state index in [9.17, 15) is 8.78 Å². The van der Waals surface area contributed by atoms with Crippen molar-refractivity contribution in [1.82, 2.24) is 5.32 Å². The maximum absolute atomic E-state index is 13.8. The average molecular weight is 370 g/mol. The molecule has 0 radical (unpaired) electrons. The summed E-state index contributed by atoms with van der Waals surface area (Å²) in [6.07, 6.45) is 0. The second-order valence-electron chi connectivity index (χ2n) is 5.14. The van der Waals surface area contributed by atoms with Gasteiger partial charge in [0.05, 0.1) is 11.6 Å². The minimum Gasteiger partial charge on any atom is -0.496 e. The fraction of sp³-hybridized carbons (Fsp3) is 0.294. The van der Waals surface area contributed by atoms with E-state index in [2.05, 4.69) is 21.2 Å². The average Bonchev–Trinajstić information content (AvgIpc) is 2.46. The Balaban J connectivity index is 2.18. The largest absolute Gasteiger partial charge is 0.496 e. The number of rotatable bonds is 5. The summed E-state index contributed by atoms with van der Waals surface area (Å²) in [5, 5.41) is 3.22. The number of ether oxygens (including phenoxy) is 1. The van der Waals surface area contributed by atoms with Gasteiger partial charge >= 0.3 is 0 Å². The molecule has 118 valence electrons. The Kier molecular flexibility index (Phi) is 5.53. The SMILES string of the molecule is COc1ccc([C@@H](C)N[C@@H](C)c2c(F)cccc2F)cc1Br. The van der Waals surface area contributed by atoms with Gasteiger partial charge in [0.2, 0.25) is 0 Å². The summed E-state index contributed by atoms with van der Waals surface area (Å²) in [5.74, 6) is -0.338. The normalized spacial score (nSPS) is 13.7. The number of hydrogen-bond acceptors (Lipinski definition) is 2. The first-order valence-electron chi connectivity index (χ1n) is 6.97. The zero-order valence-corrected chi connectivity index (χ0v) is 14.2. The van der Waals surface area contributed by atoms with E-state index in [1.54, 1.807) is 14.0 Å². The standard InChI is InChI=1S/C17H18BrF2NO/c1-10(12-7-8-16(22-3)13(18)9-12)21-11(2)17-14(19)5-4-6-15(17)20/h4-11,21H,1-3H3/t10-,11+/m1/s1. The van der Waals surface area contributed by atoms with Gasteiger partial charge in [0.1, 0.15) is 17.4 Å². The third-order valence-corrected chi connectivity index (χ3v) is 4.23. The van der Waals surface area contributed by atoms with Crippen molar-refractivity contribution in [3.8, 4) is 5.75 Å². The summed E-state index contributed by atoms with van der Waals surface area (Å²) < 4.78 is 33.7. The van der Waals surface area contributed by atoms with E-state index in [4.69, 9.17) is 4.74 Å². The summed E-state index contributed by atoms with van der Waals surface area (Å²) in [4.78, 5) is 0. The molecule has 0 aromatic heterocycles. The van der Waals surface area contributed by atoms with E-state index >= 15 is 0 Å². The monoisotopic (exact) mass is 369 g/mol. The van der Waals surface area contributed by atoms with Crippen molar-refractivity contribution in [2.45, 2.75) is 25.9 Å². The van der Waals surface area contributed by atoms with Crippen molar-refractivity contribution in [1.29, 1.82) is 0 Å². The summed E-state index contributed by atoms with van der Waals surface area (Å²) in [5.41, 5.74) is 1.05. The first-order valence-corrected chi connectivity index (χ1v) is 7.76. The molecule has 0 aliphatic carbocycles. The lowest BCUT2D eigenvalue weighted by Crippen LogP contribution is -2.24. The maximum Gasteiger partial charge on any atom is 0.133 e. The van der Waals surface area contributed by atoms with Crippen LogP contribution in [0, 0.1) is 11.6 Å². The first kappa shape index (κ1) is 16.9. The Morgan fingerprint density at radius 2 is 1.68 bits per heavy atom. The topological polar surface area (TPSA) is 21.3 Å². The fourth-order valence-electron chi connectivity index (χ4n) is 2.43. The predicted molar refractivity (Wildman–Crippen MR) is 87.0 cm³/mol. The highest BCUT2D eigenvalue weighted by Gasteiger charge is 2.18. The lowest BCUT2D eigenvalue weighted by Gasteiger charge is -2.22. The highest BCUT2D eigenvalue weighted by atomic mass is 79.9. The zero-order chi connectivity index (χ0) is 16.3. The van der Waals surface area contributed by atoms with Gasteiger partial charge < -0.3 is 10.1 Å². The van der Waals surface area contributed by atoms with Gasteiger partial charge in [0.15, 0.2) is 0 Å². The van der Waals surface area contributed by atoms with Crippen molar-refractivity contribution in [3.63, 3.8) is 0 Å². The molecule has 0 saturated carbocycles. The van der Waals surface area contributed by atoms with Crippen LogP contribution in [0.2, 0.25) is 0 Å². The van der Waals surface area contributed by atoms with E-state index in [0.29, 0.717) is 0 Å². The molecule has 2 aromatic carbocycles. The van der Waals surface area contributed by atoms with E-state index < -0.39 is 17.7 Å². The number of benzene rings is 2. The Hall–Kier alpha value is -1.46. The number of methoxy groups -OCH3 is 1. The number of hydrogen-bond donors (Lipinski definition) is 1. The molecule has 22 heavy (non-hydrogen) atoms. The number of nitrogens with one attached hydrogen (secondary N) is 1. The van der Waals surface area contributed by atoms with Crippen LogP contribution in [-0.2, 0) is 0 Å². The molecule has 0 fully saturated rings. The molecule has 2 rings (SSSR count). The van der Waals surface area contributed by atoms with Crippen LogP contribution in [0.25, 0.3) is 0 Å². The van der Waals surface area contributed by atoms with Crippen molar-refractivity contribution >= 4 is 15.9 Å². The minimum atomic E-state index is -0.539. The molecule has 0 unspecified atom stereocenters. The van der Waals surface area contributed by atoms with Crippen molar-refractivity contribution in [2.75, 3.05) is 7.11 Å². The highest BCUT2D eigenvalue weighted by molar-refractivity contribution is 9.10.